The molecular formula is C19H22O3. The fourth-order valence-corrected chi connectivity index (χ4v) is 2.88. The van der Waals surface area contributed by atoms with Crippen molar-refractivity contribution in [2.45, 2.75) is 39.5 Å². The maximum Gasteiger partial charge on any atom is 0.155 e. The van der Waals surface area contributed by atoms with Crippen LogP contribution < -0.4 is 0 Å². The topological polar surface area (TPSA) is 51.2 Å². The van der Waals surface area contributed by atoms with Crippen LogP contribution in [0.2, 0.25) is 0 Å². The van der Waals surface area contributed by atoms with Crippen molar-refractivity contribution < 1.29 is 14.4 Å². The lowest BCUT2D eigenvalue weighted by molar-refractivity contribution is -0.139. The highest BCUT2D eigenvalue weighted by atomic mass is 16.2. The van der Waals surface area contributed by atoms with Gasteiger partial charge in [0.2, 0.25) is 0 Å². The van der Waals surface area contributed by atoms with E-state index in [0.717, 1.165) is 5.56 Å². The lowest BCUT2D eigenvalue weighted by Crippen LogP contribution is -2.37. The predicted octanol–water partition coefficient (Wildman–Crippen LogP) is 3.62. The van der Waals surface area contributed by atoms with E-state index in [4.69, 9.17) is 0 Å². The van der Waals surface area contributed by atoms with Crippen molar-refractivity contribution >= 4 is 23.4 Å². The third-order valence-electron chi connectivity index (χ3n) is 4.02. The van der Waals surface area contributed by atoms with Crippen LogP contribution in [-0.4, -0.2) is 17.3 Å². The molecule has 3 nitrogen and oxygen atoms in total. The molecule has 0 saturated heterocycles. The molecule has 1 aliphatic rings. The van der Waals surface area contributed by atoms with Crippen LogP contribution in [0.4, 0.5) is 0 Å². The van der Waals surface area contributed by atoms with E-state index >= 15 is 0 Å². The number of allylic oxidation sites excluding steroid dienone is 1. The van der Waals surface area contributed by atoms with Crippen molar-refractivity contribution in [3.63, 3.8) is 0 Å². The highest BCUT2D eigenvalue weighted by Crippen LogP contribution is 2.35. The number of hydrogen-bond donors (Lipinski definition) is 0. The molecule has 0 spiro atoms. The standard InChI is InChI=1S/C19H22O3/c1-19(2)12-17(21)16(18(22)13-19)11-10-15(20)9-8-14-6-4-3-5-7-14/h3-9,16H,10-13H2,1-2H3. The van der Waals surface area contributed by atoms with Crippen molar-refractivity contribution in [2.75, 3.05) is 0 Å². The summed E-state index contributed by atoms with van der Waals surface area (Å²) in [5.74, 6) is -0.654. The molecule has 0 amide bonds. The van der Waals surface area contributed by atoms with Crippen LogP contribution in [0, 0.1) is 11.3 Å². The van der Waals surface area contributed by atoms with Gasteiger partial charge >= 0.3 is 0 Å². The number of ketones is 3. The second-order valence-corrected chi connectivity index (χ2v) is 6.75. The van der Waals surface area contributed by atoms with Crippen molar-refractivity contribution in [3.8, 4) is 0 Å². The van der Waals surface area contributed by atoms with E-state index in [1.165, 1.54) is 6.08 Å². The Morgan fingerprint density at radius 1 is 1.14 bits per heavy atom. The van der Waals surface area contributed by atoms with E-state index in [-0.39, 0.29) is 29.2 Å². The molecule has 0 heterocycles. The summed E-state index contributed by atoms with van der Waals surface area (Å²) in [5, 5.41) is 0. The molecule has 0 N–H and O–H groups in total. The van der Waals surface area contributed by atoms with E-state index in [2.05, 4.69) is 0 Å². The molecule has 2 rings (SSSR count). The van der Waals surface area contributed by atoms with Gasteiger partial charge in [0.1, 0.15) is 11.6 Å². The second kappa shape index (κ2) is 6.82. The van der Waals surface area contributed by atoms with E-state index < -0.39 is 5.92 Å². The Bertz CT molecular complexity index is 576. The number of benzene rings is 1. The average molecular weight is 298 g/mol. The van der Waals surface area contributed by atoms with Crippen molar-refractivity contribution in [3.05, 3.63) is 42.0 Å². The number of carbonyl (C=O) groups is 3. The molecule has 116 valence electrons. The number of carbonyl (C=O) groups excluding carboxylic acids is 3. The first-order chi connectivity index (χ1) is 10.4. The maximum absolute atomic E-state index is 12.1. The van der Waals surface area contributed by atoms with Crippen LogP contribution >= 0.6 is 0 Å². The van der Waals surface area contributed by atoms with Gasteiger partial charge in [-0.05, 0) is 23.5 Å². The zero-order valence-corrected chi connectivity index (χ0v) is 13.2. The van der Waals surface area contributed by atoms with E-state index in [1.807, 2.05) is 44.2 Å². The fraction of sp³-hybridized carbons (Fsp3) is 0.421. The van der Waals surface area contributed by atoms with Crippen LogP contribution in [0.3, 0.4) is 0 Å². The monoisotopic (exact) mass is 298 g/mol. The van der Waals surface area contributed by atoms with Gasteiger partial charge in [-0.1, -0.05) is 50.3 Å². The molecule has 0 radical (unpaired) electrons. The van der Waals surface area contributed by atoms with Gasteiger partial charge in [0.25, 0.3) is 0 Å². The summed E-state index contributed by atoms with van der Waals surface area (Å²) >= 11 is 0. The van der Waals surface area contributed by atoms with E-state index in [9.17, 15) is 14.4 Å². The summed E-state index contributed by atoms with van der Waals surface area (Å²) < 4.78 is 0. The Morgan fingerprint density at radius 2 is 1.73 bits per heavy atom. The minimum atomic E-state index is -0.581. The molecule has 1 aromatic carbocycles. The maximum atomic E-state index is 12.1. The first kappa shape index (κ1) is 16.3. The molecule has 3 heteroatoms. The third-order valence-corrected chi connectivity index (χ3v) is 4.02. The van der Waals surface area contributed by atoms with Gasteiger partial charge in [-0.15, -0.1) is 0 Å². The normalized spacial score (nSPS) is 18.8. The van der Waals surface area contributed by atoms with Crippen molar-refractivity contribution in [2.24, 2.45) is 11.3 Å². The average Bonchev–Trinajstić information content (AvgIpc) is 2.44. The number of hydrogen-bond acceptors (Lipinski definition) is 3. The largest absolute Gasteiger partial charge is 0.299 e. The molecule has 1 aromatic rings. The molecule has 0 aliphatic heterocycles. The number of Topliss-reactive ketones (excluding diaryl/α,β-unsaturated/α-hetero) is 2. The number of rotatable bonds is 5. The van der Waals surface area contributed by atoms with E-state index in [1.54, 1.807) is 6.08 Å². The van der Waals surface area contributed by atoms with Gasteiger partial charge in [0.15, 0.2) is 5.78 Å². The molecular weight excluding hydrogens is 276 g/mol. The van der Waals surface area contributed by atoms with Crippen LogP contribution in [-0.2, 0) is 14.4 Å². The molecule has 1 aliphatic carbocycles. The van der Waals surface area contributed by atoms with Crippen LogP contribution in [0.15, 0.2) is 36.4 Å². The lowest BCUT2D eigenvalue weighted by atomic mass is 9.70. The Kier molecular flexibility index (Phi) is 5.07. The molecule has 1 fully saturated rings. The van der Waals surface area contributed by atoms with Gasteiger partial charge in [-0.3, -0.25) is 14.4 Å². The minimum absolute atomic E-state index is 0.0129. The summed E-state index contributed by atoms with van der Waals surface area (Å²) in [7, 11) is 0. The van der Waals surface area contributed by atoms with Gasteiger partial charge < -0.3 is 0 Å². The third kappa shape index (κ3) is 4.48. The first-order valence-corrected chi connectivity index (χ1v) is 7.69. The quantitative estimate of drug-likeness (QED) is 0.616. The Labute approximate surface area is 131 Å². The smallest absolute Gasteiger partial charge is 0.155 e. The van der Waals surface area contributed by atoms with E-state index in [0.29, 0.717) is 19.3 Å². The molecule has 22 heavy (non-hydrogen) atoms. The van der Waals surface area contributed by atoms with Gasteiger partial charge in [0.05, 0.1) is 5.92 Å². The first-order valence-electron chi connectivity index (χ1n) is 7.69. The summed E-state index contributed by atoms with van der Waals surface area (Å²) in [5.41, 5.74) is 0.726. The fourth-order valence-electron chi connectivity index (χ4n) is 2.88. The Morgan fingerprint density at radius 3 is 2.32 bits per heavy atom. The highest BCUT2D eigenvalue weighted by molar-refractivity contribution is 6.05. The summed E-state index contributed by atoms with van der Waals surface area (Å²) in [6.07, 6.45) is 4.72. The molecule has 0 bridgehead atoms. The molecule has 0 aromatic heterocycles. The zero-order chi connectivity index (χ0) is 16.2. The summed E-state index contributed by atoms with van der Waals surface area (Å²) in [6.45, 7) is 3.87. The highest BCUT2D eigenvalue weighted by Gasteiger charge is 2.39. The van der Waals surface area contributed by atoms with Gasteiger partial charge in [-0.25, -0.2) is 0 Å². The van der Waals surface area contributed by atoms with Crippen molar-refractivity contribution in [1.29, 1.82) is 0 Å². The summed E-state index contributed by atoms with van der Waals surface area (Å²) in [6, 6.07) is 9.57. The van der Waals surface area contributed by atoms with Crippen LogP contribution in [0.5, 0.6) is 0 Å². The molecule has 0 unspecified atom stereocenters. The molecule has 0 atom stereocenters. The SMILES string of the molecule is CC1(C)CC(=O)C(CCC(=O)C=Cc2ccccc2)C(=O)C1. The van der Waals surface area contributed by atoms with Gasteiger partial charge in [-0.2, -0.15) is 0 Å². The molecule has 1 saturated carbocycles. The lowest BCUT2D eigenvalue weighted by Gasteiger charge is -2.31. The summed E-state index contributed by atoms with van der Waals surface area (Å²) in [4.78, 5) is 36.0. The predicted molar refractivity (Wildman–Crippen MR) is 86.2 cm³/mol. The Balaban J connectivity index is 1.87. The van der Waals surface area contributed by atoms with Crippen LogP contribution in [0.1, 0.15) is 45.1 Å². The van der Waals surface area contributed by atoms with Crippen LogP contribution in [0.25, 0.3) is 6.08 Å². The van der Waals surface area contributed by atoms with Gasteiger partial charge in [0, 0.05) is 19.3 Å². The Hall–Kier alpha value is -2.03. The second-order valence-electron chi connectivity index (χ2n) is 6.75. The zero-order valence-electron chi connectivity index (χ0n) is 13.2. The van der Waals surface area contributed by atoms with Crippen molar-refractivity contribution in [1.82, 2.24) is 0 Å². The minimum Gasteiger partial charge on any atom is -0.299 e.